The van der Waals surface area contributed by atoms with Gasteiger partial charge in [-0.3, -0.25) is 4.79 Å². The van der Waals surface area contributed by atoms with Gasteiger partial charge in [0.1, 0.15) is 5.82 Å². The number of halogens is 2. The fourth-order valence-corrected chi connectivity index (χ4v) is 3.06. The van der Waals surface area contributed by atoms with Crippen LogP contribution in [0.3, 0.4) is 0 Å². The Hall–Kier alpha value is -1.71. The molecule has 3 rings (SSSR count). The average molecular weight is 291 g/mol. The van der Waals surface area contributed by atoms with E-state index in [0.717, 1.165) is 10.1 Å². The van der Waals surface area contributed by atoms with Crippen molar-refractivity contribution in [2.75, 3.05) is 0 Å². The highest BCUT2D eigenvalue weighted by Gasteiger charge is 2.14. The van der Waals surface area contributed by atoms with Gasteiger partial charge in [0.15, 0.2) is 5.78 Å². The minimum absolute atomic E-state index is 0.0378. The van der Waals surface area contributed by atoms with Crippen molar-refractivity contribution in [3.8, 4) is 0 Å². The maximum absolute atomic E-state index is 13.1. The number of carbonyl (C=O) groups excluding carboxylic acids is 1. The summed E-state index contributed by atoms with van der Waals surface area (Å²) in [5.41, 5.74) is 1.02. The lowest BCUT2D eigenvalue weighted by Gasteiger charge is -2.04. The van der Waals surface area contributed by atoms with Gasteiger partial charge in [0.25, 0.3) is 0 Å². The molecule has 0 unspecified atom stereocenters. The minimum Gasteiger partial charge on any atom is -0.289 e. The Kier molecular flexibility index (Phi) is 3.09. The smallest absolute Gasteiger partial charge is 0.194 e. The van der Waals surface area contributed by atoms with Crippen molar-refractivity contribution >= 4 is 38.8 Å². The Morgan fingerprint density at radius 3 is 2.79 bits per heavy atom. The van der Waals surface area contributed by atoms with Crippen molar-refractivity contribution in [2.45, 2.75) is 0 Å². The summed E-state index contributed by atoms with van der Waals surface area (Å²) in [6.07, 6.45) is 0. The minimum atomic E-state index is -0.521. The molecular weight excluding hydrogens is 283 g/mol. The van der Waals surface area contributed by atoms with Gasteiger partial charge in [-0.05, 0) is 41.1 Å². The summed E-state index contributed by atoms with van der Waals surface area (Å²) in [4.78, 5) is 12.4. The lowest BCUT2D eigenvalue weighted by molar-refractivity contribution is 0.104. The largest absolute Gasteiger partial charge is 0.289 e. The molecule has 0 aliphatic carbocycles. The predicted molar refractivity (Wildman–Crippen MR) is 76.7 cm³/mol. The SMILES string of the molecule is O=C(c1ccc(F)c(Cl)c1)c1cccc2ccsc12. The number of hydrogen-bond donors (Lipinski definition) is 0. The van der Waals surface area contributed by atoms with E-state index in [9.17, 15) is 9.18 Å². The van der Waals surface area contributed by atoms with Crippen molar-refractivity contribution in [3.63, 3.8) is 0 Å². The van der Waals surface area contributed by atoms with Crippen LogP contribution < -0.4 is 0 Å². The standard InChI is InChI=1S/C15H8ClFOS/c16-12-8-10(4-5-13(12)17)14(18)11-3-1-2-9-6-7-19-15(9)11/h1-8H. The molecule has 0 saturated carbocycles. The molecule has 0 saturated heterocycles. The van der Waals surface area contributed by atoms with E-state index in [1.54, 1.807) is 6.07 Å². The molecule has 0 fully saturated rings. The lowest BCUT2D eigenvalue weighted by atomic mass is 10.0. The van der Waals surface area contributed by atoms with Crippen LogP contribution in [0, 0.1) is 5.82 Å². The molecule has 0 bridgehead atoms. The van der Waals surface area contributed by atoms with Crippen LogP contribution in [0.2, 0.25) is 5.02 Å². The summed E-state index contributed by atoms with van der Waals surface area (Å²) in [7, 11) is 0. The van der Waals surface area contributed by atoms with Crippen molar-refractivity contribution < 1.29 is 9.18 Å². The Balaban J connectivity index is 2.13. The highest BCUT2D eigenvalue weighted by atomic mass is 35.5. The fourth-order valence-electron chi connectivity index (χ4n) is 1.96. The second kappa shape index (κ2) is 4.76. The molecule has 1 aromatic heterocycles. The maximum atomic E-state index is 13.1. The number of carbonyl (C=O) groups is 1. The van der Waals surface area contributed by atoms with Crippen molar-refractivity contribution in [1.82, 2.24) is 0 Å². The molecule has 2 aromatic carbocycles. The zero-order chi connectivity index (χ0) is 13.4. The summed E-state index contributed by atoms with van der Waals surface area (Å²) < 4.78 is 14.1. The van der Waals surface area contributed by atoms with Crippen LogP contribution in [-0.4, -0.2) is 5.78 Å². The number of rotatable bonds is 2. The van der Waals surface area contributed by atoms with Gasteiger partial charge < -0.3 is 0 Å². The van der Waals surface area contributed by atoms with Gasteiger partial charge >= 0.3 is 0 Å². The number of benzene rings is 2. The van der Waals surface area contributed by atoms with Gasteiger partial charge in [0.2, 0.25) is 0 Å². The molecule has 1 heterocycles. The van der Waals surface area contributed by atoms with Gasteiger partial charge in [-0.25, -0.2) is 4.39 Å². The van der Waals surface area contributed by atoms with E-state index >= 15 is 0 Å². The van der Waals surface area contributed by atoms with Crippen molar-refractivity contribution in [1.29, 1.82) is 0 Å². The first-order valence-electron chi connectivity index (χ1n) is 5.63. The number of ketones is 1. The second-order valence-corrected chi connectivity index (χ2v) is 5.43. The molecule has 0 amide bonds. The zero-order valence-corrected chi connectivity index (χ0v) is 11.3. The maximum Gasteiger partial charge on any atom is 0.194 e. The van der Waals surface area contributed by atoms with Gasteiger partial charge in [-0.15, -0.1) is 11.3 Å². The van der Waals surface area contributed by atoms with E-state index < -0.39 is 5.82 Å². The van der Waals surface area contributed by atoms with Crippen LogP contribution in [-0.2, 0) is 0 Å². The molecule has 3 aromatic rings. The van der Waals surface area contributed by atoms with Crippen LogP contribution in [0.15, 0.2) is 47.8 Å². The summed E-state index contributed by atoms with van der Waals surface area (Å²) in [6.45, 7) is 0. The van der Waals surface area contributed by atoms with Gasteiger partial charge in [0.05, 0.1) is 5.02 Å². The molecule has 0 N–H and O–H groups in total. The van der Waals surface area contributed by atoms with Crippen LogP contribution in [0.1, 0.15) is 15.9 Å². The number of fused-ring (bicyclic) bond motifs is 1. The first-order valence-corrected chi connectivity index (χ1v) is 6.88. The molecule has 1 nitrogen and oxygen atoms in total. The molecule has 19 heavy (non-hydrogen) atoms. The third kappa shape index (κ3) is 2.15. The quantitative estimate of drug-likeness (QED) is 0.612. The van der Waals surface area contributed by atoms with Gasteiger partial charge in [-0.2, -0.15) is 0 Å². The van der Waals surface area contributed by atoms with Crippen LogP contribution >= 0.6 is 22.9 Å². The first kappa shape index (κ1) is 12.3. The van der Waals surface area contributed by atoms with Crippen LogP contribution in [0.25, 0.3) is 10.1 Å². The first-order chi connectivity index (χ1) is 9.16. The Morgan fingerprint density at radius 1 is 1.16 bits per heavy atom. The Bertz CT molecular complexity index is 779. The summed E-state index contributed by atoms with van der Waals surface area (Å²) >= 11 is 7.23. The average Bonchev–Trinajstić information content (AvgIpc) is 2.89. The summed E-state index contributed by atoms with van der Waals surface area (Å²) in [5, 5.41) is 2.94. The predicted octanol–water partition coefficient (Wildman–Crippen LogP) is 4.92. The molecular formula is C15H8ClFOS. The molecule has 94 valence electrons. The third-order valence-electron chi connectivity index (χ3n) is 2.91. The van der Waals surface area contributed by atoms with E-state index in [0.29, 0.717) is 11.1 Å². The normalized spacial score (nSPS) is 10.8. The Morgan fingerprint density at radius 2 is 2.00 bits per heavy atom. The third-order valence-corrected chi connectivity index (χ3v) is 4.16. The highest BCUT2D eigenvalue weighted by Crippen LogP contribution is 2.27. The second-order valence-electron chi connectivity index (χ2n) is 4.10. The Labute approximate surface area is 118 Å². The van der Waals surface area contributed by atoms with Crippen LogP contribution in [0.4, 0.5) is 4.39 Å². The van der Waals surface area contributed by atoms with Gasteiger partial charge in [-0.1, -0.05) is 23.7 Å². The number of thiophene rings is 1. The number of hydrogen-bond acceptors (Lipinski definition) is 2. The highest BCUT2D eigenvalue weighted by molar-refractivity contribution is 7.17. The lowest BCUT2D eigenvalue weighted by Crippen LogP contribution is -2.01. The molecule has 0 spiro atoms. The van der Waals surface area contributed by atoms with Crippen molar-refractivity contribution in [3.05, 3.63) is 69.8 Å². The molecule has 4 heteroatoms. The zero-order valence-electron chi connectivity index (χ0n) is 9.69. The van der Waals surface area contributed by atoms with E-state index in [1.165, 1.54) is 29.5 Å². The van der Waals surface area contributed by atoms with Gasteiger partial charge in [0, 0.05) is 15.8 Å². The van der Waals surface area contributed by atoms with Crippen molar-refractivity contribution in [2.24, 2.45) is 0 Å². The summed E-state index contributed by atoms with van der Waals surface area (Å²) in [6, 6.07) is 11.6. The van der Waals surface area contributed by atoms with E-state index in [2.05, 4.69) is 0 Å². The molecule has 0 radical (unpaired) electrons. The molecule has 0 aliphatic rings. The topological polar surface area (TPSA) is 17.1 Å². The molecule has 0 aliphatic heterocycles. The van der Waals surface area contributed by atoms with E-state index in [1.807, 2.05) is 23.6 Å². The van der Waals surface area contributed by atoms with E-state index in [4.69, 9.17) is 11.6 Å². The fraction of sp³-hybridized carbons (Fsp3) is 0. The van der Waals surface area contributed by atoms with Crippen LogP contribution in [0.5, 0.6) is 0 Å². The monoisotopic (exact) mass is 290 g/mol. The molecule has 0 atom stereocenters. The summed E-state index contributed by atoms with van der Waals surface area (Å²) in [5.74, 6) is -0.664. The van der Waals surface area contributed by atoms with E-state index in [-0.39, 0.29) is 10.8 Å².